The fourth-order valence-electron chi connectivity index (χ4n) is 2.63. The van der Waals surface area contributed by atoms with Gasteiger partial charge in [0, 0.05) is 22.5 Å². The van der Waals surface area contributed by atoms with E-state index >= 15 is 0 Å². The van der Waals surface area contributed by atoms with Crippen LogP contribution in [0.5, 0.6) is 5.75 Å². The minimum absolute atomic E-state index is 0.139. The van der Waals surface area contributed by atoms with Crippen molar-refractivity contribution >= 4 is 27.9 Å². The zero-order valence-electron chi connectivity index (χ0n) is 13.2. The molecule has 1 N–H and O–H groups in total. The number of carbonyl (C=O) groups excluding carboxylic acids is 1. The van der Waals surface area contributed by atoms with Crippen LogP contribution in [0.2, 0.25) is 0 Å². The average molecular weight is 390 g/mol. The molecule has 124 valence electrons. The summed E-state index contributed by atoms with van der Waals surface area (Å²) in [6.45, 7) is 2.63. The van der Waals surface area contributed by atoms with Gasteiger partial charge in [0.15, 0.2) is 0 Å². The molecule has 1 unspecified atom stereocenters. The van der Waals surface area contributed by atoms with E-state index < -0.39 is 0 Å². The van der Waals surface area contributed by atoms with E-state index in [4.69, 9.17) is 4.74 Å². The molecule has 0 aromatic heterocycles. The molecule has 1 amide bonds. The van der Waals surface area contributed by atoms with E-state index in [1.54, 1.807) is 12.1 Å². The van der Waals surface area contributed by atoms with Crippen LogP contribution in [0, 0.1) is 5.82 Å². The van der Waals surface area contributed by atoms with E-state index in [9.17, 15) is 9.18 Å². The van der Waals surface area contributed by atoms with Gasteiger partial charge in [-0.25, -0.2) is 4.39 Å². The molecule has 1 aliphatic heterocycles. The van der Waals surface area contributed by atoms with Crippen LogP contribution in [0.1, 0.15) is 29.7 Å². The first-order valence-corrected chi connectivity index (χ1v) is 8.51. The fourth-order valence-corrected chi connectivity index (χ4v) is 3.01. The van der Waals surface area contributed by atoms with E-state index in [0.29, 0.717) is 12.2 Å². The smallest absolute Gasteiger partial charge is 0.244 e. The van der Waals surface area contributed by atoms with Gasteiger partial charge in [-0.1, -0.05) is 22.0 Å². The molecule has 3 rings (SSSR count). The third-order valence-corrected chi connectivity index (χ3v) is 4.44. The monoisotopic (exact) mass is 389 g/mol. The SMILES string of the molecule is CC(NC(=O)C=Cc1cc(Br)ccc1F)c1ccc2c(c1)CCO2. The summed E-state index contributed by atoms with van der Waals surface area (Å²) in [4.78, 5) is 12.1. The summed E-state index contributed by atoms with van der Waals surface area (Å²) in [5.74, 6) is 0.287. The highest BCUT2D eigenvalue weighted by Gasteiger charge is 2.15. The first-order valence-electron chi connectivity index (χ1n) is 7.72. The van der Waals surface area contributed by atoms with Crippen molar-refractivity contribution in [2.75, 3.05) is 6.61 Å². The second-order valence-corrected chi connectivity index (χ2v) is 6.61. The van der Waals surface area contributed by atoms with Crippen LogP contribution in [0.25, 0.3) is 6.08 Å². The van der Waals surface area contributed by atoms with Gasteiger partial charge in [-0.15, -0.1) is 0 Å². The lowest BCUT2D eigenvalue weighted by molar-refractivity contribution is -0.117. The van der Waals surface area contributed by atoms with Crippen molar-refractivity contribution in [2.24, 2.45) is 0 Å². The van der Waals surface area contributed by atoms with Gasteiger partial charge in [-0.3, -0.25) is 4.79 Å². The maximum Gasteiger partial charge on any atom is 0.244 e. The van der Waals surface area contributed by atoms with Crippen molar-refractivity contribution in [1.29, 1.82) is 0 Å². The number of nitrogens with one attached hydrogen (secondary N) is 1. The fraction of sp³-hybridized carbons (Fsp3) is 0.211. The number of ether oxygens (including phenoxy) is 1. The molecule has 3 nitrogen and oxygen atoms in total. The van der Waals surface area contributed by atoms with Crippen molar-refractivity contribution < 1.29 is 13.9 Å². The van der Waals surface area contributed by atoms with Gasteiger partial charge in [0.1, 0.15) is 11.6 Å². The Bertz CT molecular complexity index is 804. The van der Waals surface area contributed by atoms with Crippen molar-refractivity contribution in [3.63, 3.8) is 0 Å². The molecule has 2 aromatic carbocycles. The van der Waals surface area contributed by atoms with Gasteiger partial charge >= 0.3 is 0 Å². The lowest BCUT2D eigenvalue weighted by Crippen LogP contribution is -2.24. The molecule has 0 saturated carbocycles. The molecule has 1 aliphatic rings. The molecular formula is C19H17BrFNO2. The van der Waals surface area contributed by atoms with Crippen LogP contribution >= 0.6 is 15.9 Å². The number of amides is 1. The second kappa shape index (κ2) is 7.18. The lowest BCUT2D eigenvalue weighted by Gasteiger charge is -2.14. The Kier molecular flexibility index (Phi) is 5.00. The number of hydrogen-bond acceptors (Lipinski definition) is 2. The van der Waals surface area contributed by atoms with Gasteiger partial charge in [0.25, 0.3) is 0 Å². The van der Waals surface area contributed by atoms with E-state index in [1.165, 1.54) is 23.8 Å². The van der Waals surface area contributed by atoms with Gasteiger partial charge in [-0.05, 0) is 54.5 Å². The number of halogens is 2. The maximum atomic E-state index is 13.7. The molecule has 0 radical (unpaired) electrons. The van der Waals surface area contributed by atoms with Crippen LogP contribution in [0.3, 0.4) is 0 Å². The molecule has 0 spiro atoms. The summed E-state index contributed by atoms with van der Waals surface area (Å²) in [5, 5.41) is 2.89. The van der Waals surface area contributed by atoms with E-state index in [1.807, 2.05) is 19.1 Å². The van der Waals surface area contributed by atoms with Crippen molar-refractivity contribution in [3.05, 3.63) is 69.5 Å². The third-order valence-electron chi connectivity index (χ3n) is 3.94. The quantitative estimate of drug-likeness (QED) is 0.786. The topological polar surface area (TPSA) is 38.3 Å². The standard InChI is InChI=1S/C19H17BrFNO2/c1-12(13-2-6-18-15(10-13)8-9-24-18)22-19(23)7-3-14-11-16(20)4-5-17(14)21/h2-7,10-12H,8-9H2,1H3,(H,22,23). The van der Waals surface area contributed by atoms with Gasteiger partial charge < -0.3 is 10.1 Å². The Balaban J connectivity index is 1.66. The predicted octanol–water partition coefficient (Wildman–Crippen LogP) is 4.41. The van der Waals surface area contributed by atoms with Gasteiger partial charge in [0.05, 0.1) is 12.6 Å². The van der Waals surface area contributed by atoms with E-state index in [2.05, 4.69) is 27.3 Å². The molecule has 0 fully saturated rings. The van der Waals surface area contributed by atoms with Crippen molar-refractivity contribution in [1.82, 2.24) is 5.32 Å². The van der Waals surface area contributed by atoms with Crippen LogP contribution in [0.15, 0.2) is 46.9 Å². The molecule has 2 aromatic rings. The molecule has 0 bridgehead atoms. The number of benzene rings is 2. The average Bonchev–Trinajstić information content (AvgIpc) is 3.03. The molecule has 0 saturated heterocycles. The second-order valence-electron chi connectivity index (χ2n) is 5.70. The van der Waals surface area contributed by atoms with Crippen LogP contribution in [-0.4, -0.2) is 12.5 Å². The van der Waals surface area contributed by atoms with Gasteiger partial charge in [0.2, 0.25) is 5.91 Å². The Morgan fingerprint density at radius 3 is 3.00 bits per heavy atom. The van der Waals surface area contributed by atoms with Crippen LogP contribution < -0.4 is 10.1 Å². The summed E-state index contributed by atoms with van der Waals surface area (Å²) in [6, 6.07) is 10.4. The number of rotatable bonds is 4. The Morgan fingerprint density at radius 2 is 2.17 bits per heavy atom. The number of carbonyl (C=O) groups is 1. The Labute approximate surface area is 148 Å². The summed E-state index contributed by atoms with van der Waals surface area (Å²) in [7, 11) is 0. The van der Waals surface area contributed by atoms with E-state index in [0.717, 1.165) is 22.2 Å². The largest absolute Gasteiger partial charge is 0.493 e. The zero-order valence-corrected chi connectivity index (χ0v) is 14.8. The van der Waals surface area contributed by atoms with Crippen LogP contribution in [0.4, 0.5) is 4.39 Å². The van der Waals surface area contributed by atoms with E-state index in [-0.39, 0.29) is 17.8 Å². The molecular weight excluding hydrogens is 373 g/mol. The van der Waals surface area contributed by atoms with Gasteiger partial charge in [-0.2, -0.15) is 0 Å². The normalized spacial score (nSPS) is 14.3. The Hall–Kier alpha value is -2.14. The van der Waals surface area contributed by atoms with Crippen molar-refractivity contribution in [3.8, 4) is 5.75 Å². The zero-order chi connectivity index (χ0) is 17.1. The Morgan fingerprint density at radius 1 is 1.33 bits per heavy atom. The summed E-state index contributed by atoms with van der Waals surface area (Å²) in [6.07, 6.45) is 3.71. The number of fused-ring (bicyclic) bond motifs is 1. The summed E-state index contributed by atoms with van der Waals surface area (Å²) >= 11 is 3.29. The molecule has 0 aliphatic carbocycles. The minimum Gasteiger partial charge on any atom is -0.493 e. The minimum atomic E-state index is -0.367. The molecule has 1 heterocycles. The van der Waals surface area contributed by atoms with Crippen LogP contribution in [-0.2, 0) is 11.2 Å². The first kappa shape index (κ1) is 16.7. The maximum absolute atomic E-state index is 13.7. The first-order chi connectivity index (χ1) is 11.5. The third kappa shape index (κ3) is 3.85. The highest BCUT2D eigenvalue weighted by molar-refractivity contribution is 9.10. The summed E-state index contributed by atoms with van der Waals surface area (Å²) in [5.41, 5.74) is 2.55. The predicted molar refractivity (Wildman–Crippen MR) is 95.3 cm³/mol. The molecule has 1 atom stereocenters. The highest BCUT2D eigenvalue weighted by atomic mass is 79.9. The summed E-state index contributed by atoms with van der Waals surface area (Å²) < 4.78 is 19.9. The lowest BCUT2D eigenvalue weighted by atomic mass is 10.0. The van der Waals surface area contributed by atoms with Crippen molar-refractivity contribution in [2.45, 2.75) is 19.4 Å². The molecule has 24 heavy (non-hydrogen) atoms. The number of hydrogen-bond donors (Lipinski definition) is 1. The highest BCUT2D eigenvalue weighted by Crippen LogP contribution is 2.28. The molecule has 5 heteroatoms.